The fraction of sp³-hybridized carbons (Fsp3) is 0. The van der Waals surface area contributed by atoms with E-state index in [0.29, 0.717) is 21.5 Å². The molecule has 3 rings (SSSR count). The minimum Gasteiger partial charge on any atom is -0.397 e. The minimum atomic E-state index is -0.584. The first-order valence-electron chi connectivity index (χ1n) is 6.90. The molecule has 7 nitrogen and oxygen atoms in total. The third-order valence-electron chi connectivity index (χ3n) is 3.33. The van der Waals surface area contributed by atoms with E-state index in [2.05, 4.69) is 20.8 Å². The predicted octanol–water partition coefficient (Wildman–Crippen LogP) is 1.94. The van der Waals surface area contributed by atoms with Gasteiger partial charge in [0, 0.05) is 29.0 Å². The number of benzene rings is 1. The number of nitrogens with two attached hydrogens (primary N) is 1. The van der Waals surface area contributed by atoms with Crippen molar-refractivity contribution in [1.29, 1.82) is 0 Å². The molecule has 8 heteroatoms. The van der Waals surface area contributed by atoms with E-state index in [0.717, 1.165) is 0 Å². The monoisotopic (exact) mass is 341 g/mol. The van der Waals surface area contributed by atoms with E-state index >= 15 is 0 Å². The molecule has 3 aromatic rings. The van der Waals surface area contributed by atoms with Crippen molar-refractivity contribution in [2.45, 2.75) is 0 Å². The number of halogens is 1. The van der Waals surface area contributed by atoms with Crippen LogP contribution < -0.4 is 16.6 Å². The van der Waals surface area contributed by atoms with Crippen molar-refractivity contribution in [3.05, 3.63) is 65.1 Å². The number of fused-ring (bicyclic) bond motifs is 1. The smallest absolute Gasteiger partial charge is 0.273 e. The molecule has 4 N–H and O–H groups in total. The van der Waals surface area contributed by atoms with E-state index in [1.807, 2.05) is 0 Å². The van der Waals surface area contributed by atoms with E-state index < -0.39 is 11.8 Å². The van der Waals surface area contributed by atoms with Crippen molar-refractivity contribution in [3.8, 4) is 0 Å². The molecular weight excluding hydrogens is 330 g/mol. The predicted molar refractivity (Wildman–Crippen MR) is 90.3 cm³/mol. The number of hydrazine groups is 1. The highest BCUT2D eigenvalue weighted by molar-refractivity contribution is 6.31. The van der Waals surface area contributed by atoms with Crippen LogP contribution in [0.5, 0.6) is 0 Å². The fourth-order valence-electron chi connectivity index (χ4n) is 2.12. The Labute approximate surface area is 141 Å². The molecular formula is C16H12ClN5O2. The zero-order chi connectivity index (χ0) is 17.1. The summed E-state index contributed by atoms with van der Waals surface area (Å²) in [6.07, 6.45) is 4.27. The minimum absolute atomic E-state index is 0.135. The Kier molecular flexibility index (Phi) is 4.26. The van der Waals surface area contributed by atoms with E-state index in [-0.39, 0.29) is 11.3 Å². The van der Waals surface area contributed by atoms with Crippen LogP contribution in [0.2, 0.25) is 5.02 Å². The molecule has 0 aliphatic rings. The lowest BCUT2D eigenvalue weighted by molar-refractivity contribution is 0.0847. The topological polar surface area (TPSA) is 110 Å². The first kappa shape index (κ1) is 15.7. The van der Waals surface area contributed by atoms with Gasteiger partial charge in [0.1, 0.15) is 0 Å². The molecule has 0 aliphatic heterocycles. The molecule has 0 bridgehead atoms. The molecule has 2 heterocycles. The average Bonchev–Trinajstić information content (AvgIpc) is 2.61. The van der Waals surface area contributed by atoms with Gasteiger partial charge in [-0.15, -0.1) is 0 Å². The number of hydrogen-bond donors (Lipinski definition) is 3. The van der Waals surface area contributed by atoms with Gasteiger partial charge in [0.15, 0.2) is 0 Å². The van der Waals surface area contributed by atoms with Gasteiger partial charge in [-0.2, -0.15) is 0 Å². The van der Waals surface area contributed by atoms with Crippen LogP contribution in [0.1, 0.15) is 20.7 Å². The van der Waals surface area contributed by atoms with Crippen molar-refractivity contribution in [2.75, 3.05) is 5.73 Å². The number of anilines is 1. The van der Waals surface area contributed by atoms with Gasteiger partial charge in [-0.3, -0.25) is 30.4 Å². The standard InChI is InChI=1S/C16H12ClN5O2/c17-10-3-4-13-11(6-10)14(18)12(8-20-13)16(24)22-21-15(23)9-2-1-5-19-7-9/h1-8H,(H2,18,20)(H,21,23)(H,22,24). The quantitative estimate of drug-likeness (QED) is 0.617. The molecule has 0 aliphatic carbocycles. The van der Waals surface area contributed by atoms with Gasteiger partial charge in [-0.25, -0.2) is 0 Å². The highest BCUT2D eigenvalue weighted by Gasteiger charge is 2.15. The number of hydrogen-bond acceptors (Lipinski definition) is 5. The number of aromatic nitrogens is 2. The van der Waals surface area contributed by atoms with Crippen molar-refractivity contribution in [2.24, 2.45) is 0 Å². The summed E-state index contributed by atoms with van der Waals surface area (Å²) in [5.74, 6) is -1.08. The Morgan fingerprint density at radius 2 is 1.88 bits per heavy atom. The molecule has 0 spiro atoms. The highest BCUT2D eigenvalue weighted by atomic mass is 35.5. The van der Waals surface area contributed by atoms with Crippen LogP contribution in [0.3, 0.4) is 0 Å². The lowest BCUT2D eigenvalue weighted by Crippen LogP contribution is -2.42. The zero-order valence-corrected chi connectivity index (χ0v) is 13.0. The fourth-order valence-corrected chi connectivity index (χ4v) is 2.29. The summed E-state index contributed by atoms with van der Waals surface area (Å²) in [6, 6.07) is 8.21. The van der Waals surface area contributed by atoms with E-state index in [1.165, 1.54) is 12.4 Å². The van der Waals surface area contributed by atoms with Gasteiger partial charge in [-0.05, 0) is 30.3 Å². The third kappa shape index (κ3) is 3.11. The van der Waals surface area contributed by atoms with Gasteiger partial charge >= 0.3 is 0 Å². The summed E-state index contributed by atoms with van der Waals surface area (Å²) in [4.78, 5) is 32.1. The Balaban J connectivity index is 1.79. The number of nitrogen functional groups attached to an aromatic ring is 1. The summed E-state index contributed by atoms with van der Waals surface area (Å²) < 4.78 is 0. The molecule has 0 radical (unpaired) electrons. The molecule has 24 heavy (non-hydrogen) atoms. The van der Waals surface area contributed by atoms with Crippen molar-refractivity contribution in [1.82, 2.24) is 20.8 Å². The van der Waals surface area contributed by atoms with Crippen molar-refractivity contribution >= 4 is 40.0 Å². The van der Waals surface area contributed by atoms with E-state index in [1.54, 1.807) is 36.5 Å². The van der Waals surface area contributed by atoms with Crippen molar-refractivity contribution in [3.63, 3.8) is 0 Å². The Morgan fingerprint density at radius 1 is 1.08 bits per heavy atom. The summed E-state index contributed by atoms with van der Waals surface area (Å²) in [6.45, 7) is 0. The van der Waals surface area contributed by atoms with E-state index in [9.17, 15) is 9.59 Å². The number of carbonyl (C=O) groups excluding carboxylic acids is 2. The number of rotatable bonds is 2. The summed E-state index contributed by atoms with van der Waals surface area (Å²) in [5.41, 5.74) is 11.9. The molecule has 0 fully saturated rings. The van der Waals surface area contributed by atoms with Crippen LogP contribution >= 0.6 is 11.6 Å². The normalized spacial score (nSPS) is 10.4. The molecule has 2 amide bonds. The van der Waals surface area contributed by atoms with Crippen LogP contribution in [-0.2, 0) is 0 Å². The molecule has 0 saturated carbocycles. The summed E-state index contributed by atoms with van der Waals surface area (Å²) in [7, 11) is 0. The molecule has 0 unspecified atom stereocenters. The number of amides is 2. The largest absolute Gasteiger partial charge is 0.397 e. The first-order valence-corrected chi connectivity index (χ1v) is 7.28. The number of carbonyl (C=O) groups is 2. The summed E-state index contributed by atoms with van der Waals surface area (Å²) >= 11 is 5.95. The van der Waals surface area contributed by atoms with Crippen LogP contribution in [-0.4, -0.2) is 21.8 Å². The van der Waals surface area contributed by atoms with Crippen molar-refractivity contribution < 1.29 is 9.59 Å². The highest BCUT2D eigenvalue weighted by Crippen LogP contribution is 2.25. The maximum absolute atomic E-state index is 12.2. The molecule has 0 saturated heterocycles. The van der Waals surface area contributed by atoms with Gasteiger partial charge < -0.3 is 5.73 Å². The Hall–Kier alpha value is -3.19. The third-order valence-corrected chi connectivity index (χ3v) is 3.56. The summed E-state index contributed by atoms with van der Waals surface area (Å²) in [5, 5.41) is 1.05. The molecule has 2 aromatic heterocycles. The maximum atomic E-state index is 12.2. The number of pyridine rings is 2. The van der Waals surface area contributed by atoms with Crippen LogP contribution in [0.25, 0.3) is 10.9 Å². The lowest BCUT2D eigenvalue weighted by Gasteiger charge is -2.10. The van der Waals surface area contributed by atoms with Crippen LogP contribution in [0.15, 0.2) is 48.9 Å². The first-order chi connectivity index (χ1) is 11.6. The number of nitrogens with zero attached hydrogens (tertiary/aromatic N) is 2. The Morgan fingerprint density at radius 3 is 2.62 bits per heavy atom. The van der Waals surface area contributed by atoms with Crippen LogP contribution in [0, 0.1) is 0 Å². The second-order valence-electron chi connectivity index (χ2n) is 4.90. The second kappa shape index (κ2) is 6.51. The van der Waals surface area contributed by atoms with E-state index in [4.69, 9.17) is 17.3 Å². The van der Waals surface area contributed by atoms with Crippen LogP contribution in [0.4, 0.5) is 5.69 Å². The lowest BCUT2D eigenvalue weighted by atomic mass is 10.1. The van der Waals surface area contributed by atoms with Gasteiger partial charge in [0.2, 0.25) is 0 Å². The molecule has 120 valence electrons. The zero-order valence-electron chi connectivity index (χ0n) is 12.3. The average molecular weight is 342 g/mol. The van der Waals surface area contributed by atoms with Gasteiger partial charge in [-0.1, -0.05) is 11.6 Å². The molecule has 1 aromatic carbocycles. The molecule has 0 atom stereocenters. The van der Waals surface area contributed by atoms with Gasteiger partial charge in [0.05, 0.1) is 22.3 Å². The van der Waals surface area contributed by atoms with Gasteiger partial charge in [0.25, 0.3) is 11.8 Å². The second-order valence-corrected chi connectivity index (χ2v) is 5.33. The SMILES string of the molecule is Nc1c(C(=O)NNC(=O)c2cccnc2)cnc2ccc(Cl)cc12. The number of nitrogens with one attached hydrogen (secondary N) is 2. The maximum Gasteiger partial charge on any atom is 0.273 e. The Bertz CT molecular complexity index is 930.